The Morgan fingerprint density at radius 1 is 0.541 bits per heavy atom. The van der Waals surface area contributed by atoms with Gasteiger partial charge in [0.15, 0.2) is 18.9 Å². The number of nitrogens with zero attached hydrogens (tertiary/aromatic N) is 3. The molecule has 74 heavy (non-hydrogen) atoms. The molecule has 3 aromatic rings. The zero-order valence-electron chi connectivity index (χ0n) is 42.8. The number of phenols is 3. The van der Waals surface area contributed by atoms with Crippen molar-refractivity contribution in [3.63, 3.8) is 0 Å². The maximum Gasteiger partial charge on any atom is 0.188 e. The van der Waals surface area contributed by atoms with Crippen LogP contribution in [0.25, 0.3) is 0 Å². The van der Waals surface area contributed by atoms with Gasteiger partial charge in [0.05, 0.1) is 113 Å². The van der Waals surface area contributed by atoms with Gasteiger partial charge >= 0.3 is 0 Å². The molecule has 2 heterocycles. The predicted octanol–water partition coefficient (Wildman–Crippen LogP) is 9.07. The summed E-state index contributed by atoms with van der Waals surface area (Å²) in [5.74, 6) is -0.0546. The first kappa shape index (κ1) is 64.9. The van der Waals surface area contributed by atoms with Crippen LogP contribution in [0.4, 0.5) is 0 Å². The normalized spacial score (nSPS) is 21.7. The maximum absolute atomic E-state index is 10.9. The van der Waals surface area contributed by atoms with E-state index < -0.39 is 49.2 Å². The van der Waals surface area contributed by atoms with Crippen molar-refractivity contribution >= 4 is 6.29 Å². The molecule has 0 radical (unpaired) electrons. The summed E-state index contributed by atoms with van der Waals surface area (Å²) in [6.07, 6.45) is 6.27. The summed E-state index contributed by atoms with van der Waals surface area (Å²) in [6.45, 7) is 7.97. The number of aliphatic hydroxyl groups excluding tert-OH is 6. The highest BCUT2D eigenvalue weighted by Crippen LogP contribution is 2.39. The van der Waals surface area contributed by atoms with E-state index in [2.05, 4.69) is 19.1 Å². The van der Waals surface area contributed by atoms with Gasteiger partial charge in [0, 0.05) is 12.8 Å². The zero-order valence-corrected chi connectivity index (χ0v) is 42.8. The van der Waals surface area contributed by atoms with Crippen LogP contribution in [0.3, 0.4) is 0 Å². The van der Waals surface area contributed by atoms with Crippen LogP contribution >= 0.6 is 0 Å². The molecular formula is C57H83N3O14. The standard InChI is InChI=1S/C32H40N2O7.C16H34O5.C8H5NO2.CH4/c1-3-6-24-17-26(41-32(39-24)28-14-21(19-34)10-12-30(28)37)15-22(35)7-5-8-25-16-23(4-2)38-31(40-25)27-13-20(18-33)9-11-29(27)36;1-3-6-13(18)10-16(21)11-15(20)8-5-7-14(19)9-12(17)4-2;9-4-6-1-2-8(11)7(3-6)5-10;/h9-14,22-26,31-32,35-37H,3-8,15-17H2,1-2H3;12-21H,3-11H2,1-2H3;1-3,5,11H;1H4. The number of carbonyl (C=O) groups excluding carboxylic acids is 1. The van der Waals surface area contributed by atoms with Crippen molar-refractivity contribution in [3.05, 3.63) is 88.0 Å². The lowest BCUT2D eigenvalue weighted by Gasteiger charge is -2.37. The molecule has 17 heteroatoms. The highest BCUT2D eigenvalue weighted by molar-refractivity contribution is 5.79. The molecule has 410 valence electrons. The van der Waals surface area contributed by atoms with Gasteiger partial charge in [0.1, 0.15) is 17.2 Å². The molecule has 12 atom stereocenters. The molecular weight excluding hydrogens is 951 g/mol. The number of carbonyl (C=O) groups is 1. The summed E-state index contributed by atoms with van der Waals surface area (Å²) in [6, 6.07) is 19.4. The molecule has 0 amide bonds. The van der Waals surface area contributed by atoms with Gasteiger partial charge in [-0.1, -0.05) is 48.0 Å². The first-order chi connectivity index (χ1) is 35.0. The summed E-state index contributed by atoms with van der Waals surface area (Å²) in [4.78, 5) is 10.2. The van der Waals surface area contributed by atoms with E-state index in [1.54, 1.807) is 24.3 Å². The zero-order chi connectivity index (χ0) is 53.9. The Kier molecular flexibility index (Phi) is 30.8. The number of rotatable bonds is 25. The van der Waals surface area contributed by atoms with Gasteiger partial charge in [-0.3, -0.25) is 4.79 Å². The molecule has 0 spiro atoms. The van der Waals surface area contributed by atoms with Gasteiger partial charge in [-0.15, -0.1) is 0 Å². The summed E-state index contributed by atoms with van der Waals surface area (Å²) < 4.78 is 24.5. The number of hydrogen-bond acceptors (Lipinski definition) is 17. The lowest BCUT2D eigenvalue weighted by atomic mass is 9.96. The predicted molar refractivity (Wildman–Crippen MR) is 277 cm³/mol. The summed E-state index contributed by atoms with van der Waals surface area (Å²) in [5.41, 5.74) is 2.22. The van der Waals surface area contributed by atoms with E-state index >= 15 is 0 Å². The van der Waals surface area contributed by atoms with Crippen molar-refractivity contribution in [3.8, 4) is 35.5 Å². The Balaban J connectivity index is 0.000000471. The number of hydrogen-bond donors (Lipinski definition) is 9. The second-order valence-corrected chi connectivity index (χ2v) is 19.1. The average Bonchev–Trinajstić information content (AvgIpc) is 3.37. The molecule has 5 rings (SSSR count). The minimum atomic E-state index is -0.805. The lowest BCUT2D eigenvalue weighted by molar-refractivity contribution is -0.254. The van der Waals surface area contributed by atoms with Gasteiger partial charge in [-0.25, -0.2) is 0 Å². The summed E-state index contributed by atoms with van der Waals surface area (Å²) in [5, 5.41) is 116. The topological polar surface area (TPSA) is 307 Å². The van der Waals surface area contributed by atoms with E-state index in [9.17, 15) is 56.2 Å². The maximum atomic E-state index is 10.9. The number of nitriles is 3. The third kappa shape index (κ3) is 23.1. The summed E-state index contributed by atoms with van der Waals surface area (Å²) in [7, 11) is 0. The summed E-state index contributed by atoms with van der Waals surface area (Å²) >= 11 is 0. The van der Waals surface area contributed by atoms with E-state index in [0.29, 0.717) is 98.3 Å². The SMILES string of the molecule is C.CCCC(O)CC(O)CC(O)CCCC(O)CC(O)CC.CCCC1CC(CC(O)CCCC2CC(CC)OC(c3cc(C#N)ccc3O)O2)OC(c2cc(C#N)ccc2O)O1.N#Cc1ccc(O)c(C=O)c1. The van der Waals surface area contributed by atoms with Crippen LogP contribution < -0.4 is 0 Å². The fourth-order valence-electron chi connectivity index (χ4n) is 8.80. The smallest absolute Gasteiger partial charge is 0.188 e. The quantitative estimate of drug-likeness (QED) is 0.0357. The number of aliphatic hydroxyl groups is 6. The largest absolute Gasteiger partial charge is 0.507 e. The molecule has 0 bridgehead atoms. The number of aromatic hydroxyl groups is 3. The molecule has 0 aliphatic carbocycles. The van der Waals surface area contributed by atoms with Crippen molar-refractivity contribution in [2.24, 2.45) is 0 Å². The molecule has 12 unspecified atom stereocenters. The van der Waals surface area contributed by atoms with Crippen LogP contribution in [0.15, 0.2) is 54.6 Å². The van der Waals surface area contributed by atoms with Crippen molar-refractivity contribution in [1.29, 1.82) is 15.8 Å². The molecule has 0 saturated carbocycles. The fourth-order valence-corrected chi connectivity index (χ4v) is 8.80. The van der Waals surface area contributed by atoms with E-state index in [0.717, 1.165) is 44.9 Å². The van der Waals surface area contributed by atoms with E-state index in [1.165, 1.54) is 30.3 Å². The average molecular weight is 1030 g/mol. The van der Waals surface area contributed by atoms with Crippen LogP contribution in [-0.2, 0) is 18.9 Å². The Labute approximate surface area is 438 Å². The van der Waals surface area contributed by atoms with Crippen LogP contribution in [0.2, 0.25) is 0 Å². The van der Waals surface area contributed by atoms with E-state index in [4.69, 9.17) is 29.3 Å². The second kappa shape index (κ2) is 35.1. The van der Waals surface area contributed by atoms with Crippen molar-refractivity contribution in [2.45, 2.75) is 224 Å². The first-order valence-corrected chi connectivity index (χ1v) is 25.8. The van der Waals surface area contributed by atoms with Crippen LogP contribution in [0.5, 0.6) is 17.2 Å². The number of aldehydes is 1. The minimum Gasteiger partial charge on any atom is -0.507 e. The van der Waals surface area contributed by atoms with Gasteiger partial charge < -0.3 is 64.9 Å². The Hall–Kier alpha value is -5.20. The van der Waals surface area contributed by atoms with Gasteiger partial charge in [0.2, 0.25) is 0 Å². The molecule has 2 aliphatic rings. The fraction of sp³-hybridized carbons (Fsp3) is 0.614. The third-order valence-corrected chi connectivity index (χ3v) is 12.9. The van der Waals surface area contributed by atoms with Crippen molar-refractivity contribution in [1.82, 2.24) is 0 Å². The van der Waals surface area contributed by atoms with Crippen LogP contribution in [0.1, 0.15) is 201 Å². The van der Waals surface area contributed by atoms with Gasteiger partial charge in [-0.05, 0) is 144 Å². The van der Waals surface area contributed by atoms with Crippen molar-refractivity contribution < 1.29 is 69.7 Å². The molecule has 3 aromatic carbocycles. The monoisotopic (exact) mass is 1030 g/mol. The second-order valence-electron chi connectivity index (χ2n) is 19.1. The van der Waals surface area contributed by atoms with E-state index in [-0.39, 0.29) is 61.1 Å². The molecule has 2 aliphatic heterocycles. The third-order valence-electron chi connectivity index (χ3n) is 12.9. The Morgan fingerprint density at radius 2 is 0.986 bits per heavy atom. The minimum absolute atomic E-state index is 0. The van der Waals surface area contributed by atoms with Gasteiger partial charge in [0.25, 0.3) is 0 Å². The molecule has 17 nitrogen and oxygen atoms in total. The Morgan fingerprint density at radius 3 is 1.47 bits per heavy atom. The lowest BCUT2D eigenvalue weighted by Crippen LogP contribution is -2.36. The first-order valence-electron chi connectivity index (χ1n) is 25.8. The number of phenolic OH excluding ortho intramolecular Hbond substituents is 3. The molecule has 0 aromatic heterocycles. The highest BCUT2D eigenvalue weighted by Gasteiger charge is 2.35. The molecule has 2 saturated heterocycles. The van der Waals surface area contributed by atoms with Crippen molar-refractivity contribution in [2.75, 3.05) is 0 Å². The number of benzene rings is 3. The van der Waals surface area contributed by atoms with E-state index in [1.807, 2.05) is 26.8 Å². The number of ether oxygens (including phenoxy) is 4. The molecule has 2 fully saturated rings. The molecule has 9 N–H and O–H groups in total. The van der Waals surface area contributed by atoms with Crippen LogP contribution in [0, 0.1) is 34.0 Å². The Bertz CT molecular complexity index is 2210. The van der Waals surface area contributed by atoms with Crippen LogP contribution in [-0.4, -0.2) is 113 Å². The van der Waals surface area contributed by atoms with Gasteiger partial charge in [-0.2, -0.15) is 15.8 Å². The highest BCUT2D eigenvalue weighted by atomic mass is 16.7.